The van der Waals surface area contributed by atoms with Gasteiger partial charge in [-0.05, 0) is 28.7 Å². The number of ether oxygens (including phenoxy) is 1. The summed E-state index contributed by atoms with van der Waals surface area (Å²) in [6.45, 7) is 4.64. The van der Waals surface area contributed by atoms with Crippen LogP contribution >= 0.6 is 22.6 Å². The zero-order valence-electron chi connectivity index (χ0n) is 9.18. The number of hydrogen-bond donors (Lipinski definition) is 2. The highest BCUT2D eigenvalue weighted by Gasteiger charge is 2.32. The van der Waals surface area contributed by atoms with Gasteiger partial charge in [-0.3, -0.25) is 10.6 Å². The molecule has 6 heteroatoms. The first kappa shape index (κ1) is 12.6. The molecule has 5 nitrogen and oxygen atoms in total. The Morgan fingerprint density at radius 2 is 2.12 bits per heavy atom. The van der Waals surface area contributed by atoms with E-state index in [2.05, 4.69) is 27.5 Å². The van der Waals surface area contributed by atoms with E-state index < -0.39 is 3.67 Å². The maximum absolute atomic E-state index is 9.95. The summed E-state index contributed by atoms with van der Waals surface area (Å²) >= 11 is 2.17. The zero-order chi connectivity index (χ0) is 11.6. The van der Waals surface area contributed by atoms with Crippen LogP contribution in [0.3, 0.4) is 0 Å². The van der Waals surface area contributed by atoms with Crippen LogP contribution in [0.1, 0.15) is 0 Å². The van der Waals surface area contributed by atoms with Crippen molar-refractivity contribution in [3.63, 3.8) is 0 Å². The number of rotatable bonds is 4. The number of alkyl halides is 1. The fourth-order valence-electron chi connectivity index (χ4n) is 1.89. The monoisotopic (exact) mass is 339 g/mol. The molecule has 2 unspecified atom stereocenters. The predicted molar refractivity (Wildman–Crippen MR) is 70.1 cm³/mol. The quantitative estimate of drug-likeness (QED) is 0.413. The van der Waals surface area contributed by atoms with Crippen LogP contribution in [0.15, 0.2) is 12.3 Å². The number of halogens is 1. The molecule has 2 heterocycles. The standard InChI is InChI=1S/C10H18IN3O2/c11-10(12)1-2-14(10)8-9(15)7-13-3-5-16-6-4-13/h1-2,9,15H,3-8,12H2. The van der Waals surface area contributed by atoms with Gasteiger partial charge >= 0.3 is 0 Å². The first-order valence-electron chi connectivity index (χ1n) is 5.50. The Morgan fingerprint density at radius 3 is 2.62 bits per heavy atom. The van der Waals surface area contributed by atoms with Crippen molar-refractivity contribution in [2.75, 3.05) is 39.4 Å². The molecule has 0 amide bonds. The van der Waals surface area contributed by atoms with Crippen molar-refractivity contribution in [1.29, 1.82) is 0 Å². The second-order valence-electron chi connectivity index (χ2n) is 4.26. The largest absolute Gasteiger partial charge is 0.390 e. The first-order chi connectivity index (χ1) is 7.58. The molecular formula is C10H18IN3O2. The van der Waals surface area contributed by atoms with Gasteiger partial charge in [0.15, 0.2) is 3.67 Å². The molecule has 0 aromatic rings. The minimum Gasteiger partial charge on any atom is -0.390 e. The summed E-state index contributed by atoms with van der Waals surface area (Å²) in [6, 6.07) is 0. The number of nitrogens with two attached hydrogens (primary N) is 1. The molecule has 3 N–H and O–H groups in total. The number of aliphatic hydroxyl groups is 1. The molecule has 0 radical (unpaired) electrons. The molecule has 2 rings (SSSR count). The molecule has 1 saturated heterocycles. The number of nitrogens with zero attached hydrogens (tertiary/aromatic N) is 2. The van der Waals surface area contributed by atoms with E-state index in [0.717, 1.165) is 26.3 Å². The minimum atomic E-state index is -0.413. The van der Waals surface area contributed by atoms with Gasteiger partial charge in [-0.25, -0.2) is 0 Å². The Bertz CT molecular complexity index is 267. The summed E-state index contributed by atoms with van der Waals surface area (Å²) in [5, 5.41) is 9.95. The van der Waals surface area contributed by atoms with Crippen molar-refractivity contribution in [2.24, 2.45) is 5.73 Å². The predicted octanol–water partition coefficient (Wildman–Crippen LogP) is -0.444. The van der Waals surface area contributed by atoms with Gasteiger partial charge in [-0.1, -0.05) is 0 Å². The van der Waals surface area contributed by atoms with Crippen LogP contribution in [-0.4, -0.2) is 64.1 Å². The average molecular weight is 339 g/mol. The van der Waals surface area contributed by atoms with Gasteiger partial charge in [0.2, 0.25) is 0 Å². The number of β-amino-alcohol motifs (C(OH)–C–C–N with tert-alkyl or cyclic N) is 1. The van der Waals surface area contributed by atoms with Crippen molar-refractivity contribution in [3.05, 3.63) is 12.3 Å². The van der Waals surface area contributed by atoms with Crippen LogP contribution in [0.5, 0.6) is 0 Å². The van der Waals surface area contributed by atoms with E-state index in [1.165, 1.54) is 0 Å². The molecule has 2 aliphatic heterocycles. The lowest BCUT2D eigenvalue weighted by Crippen LogP contribution is -2.56. The second kappa shape index (κ2) is 5.18. The van der Waals surface area contributed by atoms with E-state index in [4.69, 9.17) is 10.5 Å². The normalized spacial score (nSPS) is 32.6. The van der Waals surface area contributed by atoms with E-state index in [0.29, 0.717) is 13.1 Å². The number of aliphatic hydroxyl groups excluding tert-OH is 1. The third-order valence-electron chi connectivity index (χ3n) is 2.91. The third-order valence-corrected chi connectivity index (χ3v) is 3.89. The Kier molecular flexibility index (Phi) is 4.06. The summed E-state index contributed by atoms with van der Waals surface area (Å²) in [5.74, 6) is 0. The summed E-state index contributed by atoms with van der Waals surface area (Å²) in [6.07, 6.45) is 3.49. The molecule has 0 spiro atoms. The summed E-state index contributed by atoms with van der Waals surface area (Å²) in [5.41, 5.74) is 5.93. The fourth-order valence-corrected chi connectivity index (χ4v) is 2.41. The Hall–Kier alpha value is 0.110. The summed E-state index contributed by atoms with van der Waals surface area (Å²) in [7, 11) is 0. The number of hydrogen-bond acceptors (Lipinski definition) is 5. The van der Waals surface area contributed by atoms with Crippen LogP contribution in [0.2, 0.25) is 0 Å². The van der Waals surface area contributed by atoms with Gasteiger partial charge in [0.05, 0.1) is 19.3 Å². The van der Waals surface area contributed by atoms with E-state index in [-0.39, 0.29) is 6.10 Å². The lowest BCUT2D eigenvalue weighted by Gasteiger charge is -2.42. The highest BCUT2D eigenvalue weighted by molar-refractivity contribution is 14.1. The molecular weight excluding hydrogens is 321 g/mol. The van der Waals surface area contributed by atoms with Crippen molar-refractivity contribution in [2.45, 2.75) is 9.77 Å². The molecule has 2 atom stereocenters. The maximum Gasteiger partial charge on any atom is 0.162 e. The molecule has 92 valence electrons. The smallest absolute Gasteiger partial charge is 0.162 e. The van der Waals surface area contributed by atoms with Crippen molar-refractivity contribution in [3.8, 4) is 0 Å². The fraction of sp³-hybridized carbons (Fsp3) is 0.800. The van der Waals surface area contributed by atoms with E-state index in [9.17, 15) is 5.11 Å². The van der Waals surface area contributed by atoms with Gasteiger partial charge in [0.25, 0.3) is 0 Å². The van der Waals surface area contributed by atoms with Crippen LogP contribution in [-0.2, 0) is 4.74 Å². The Balaban J connectivity index is 1.72. The minimum absolute atomic E-state index is 0.360. The van der Waals surface area contributed by atoms with Gasteiger partial charge in [-0.2, -0.15) is 0 Å². The van der Waals surface area contributed by atoms with E-state index in [1.807, 2.05) is 17.2 Å². The van der Waals surface area contributed by atoms with Crippen LogP contribution in [0.25, 0.3) is 0 Å². The summed E-state index contributed by atoms with van der Waals surface area (Å²) < 4.78 is 4.85. The molecule has 0 saturated carbocycles. The Labute approximate surface area is 109 Å². The van der Waals surface area contributed by atoms with E-state index in [1.54, 1.807) is 0 Å². The Morgan fingerprint density at radius 1 is 1.44 bits per heavy atom. The van der Waals surface area contributed by atoms with Crippen LogP contribution in [0.4, 0.5) is 0 Å². The molecule has 1 fully saturated rings. The number of morpholine rings is 1. The van der Waals surface area contributed by atoms with Gasteiger partial charge < -0.3 is 14.7 Å². The molecule has 0 aliphatic carbocycles. The SMILES string of the molecule is NC1(I)C=CN1CC(O)CN1CCOCC1. The highest BCUT2D eigenvalue weighted by atomic mass is 127. The molecule has 16 heavy (non-hydrogen) atoms. The van der Waals surface area contributed by atoms with Crippen molar-refractivity contribution < 1.29 is 9.84 Å². The van der Waals surface area contributed by atoms with Gasteiger partial charge in [-0.15, -0.1) is 0 Å². The molecule has 0 aromatic heterocycles. The highest BCUT2D eigenvalue weighted by Crippen LogP contribution is 2.28. The van der Waals surface area contributed by atoms with Crippen molar-refractivity contribution in [1.82, 2.24) is 9.80 Å². The topological polar surface area (TPSA) is 62.0 Å². The second-order valence-corrected chi connectivity index (χ2v) is 5.99. The lowest BCUT2D eigenvalue weighted by atomic mass is 10.2. The third kappa shape index (κ3) is 3.07. The maximum atomic E-state index is 9.95. The molecule has 0 aromatic carbocycles. The molecule has 0 bridgehead atoms. The van der Waals surface area contributed by atoms with Crippen molar-refractivity contribution >= 4 is 22.6 Å². The van der Waals surface area contributed by atoms with E-state index >= 15 is 0 Å². The van der Waals surface area contributed by atoms with Gasteiger partial charge in [0, 0.05) is 32.4 Å². The lowest BCUT2D eigenvalue weighted by molar-refractivity contribution is 0.00681. The summed E-state index contributed by atoms with van der Waals surface area (Å²) in [4.78, 5) is 4.18. The molecule has 2 aliphatic rings. The zero-order valence-corrected chi connectivity index (χ0v) is 11.3. The first-order valence-corrected chi connectivity index (χ1v) is 6.58. The average Bonchev–Trinajstić information content (AvgIpc) is 2.26. The van der Waals surface area contributed by atoms with Crippen LogP contribution < -0.4 is 5.73 Å². The van der Waals surface area contributed by atoms with Gasteiger partial charge in [0.1, 0.15) is 0 Å². The van der Waals surface area contributed by atoms with Crippen LogP contribution in [0, 0.1) is 0 Å².